The Labute approximate surface area is 171 Å². The van der Waals surface area contributed by atoms with Gasteiger partial charge in [-0.1, -0.05) is 32.9 Å². The first kappa shape index (κ1) is 20.3. The molecule has 0 bridgehead atoms. The van der Waals surface area contributed by atoms with Crippen molar-refractivity contribution in [2.45, 2.75) is 52.1 Å². The third kappa shape index (κ3) is 5.10. The molecular formula is C21H29N5OS. The number of amides is 1. The minimum absolute atomic E-state index is 0.0700. The molecule has 1 aliphatic rings. The minimum atomic E-state index is 0.0700. The van der Waals surface area contributed by atoms with E-state index in [2.05, 4.69) is 53.9 Å². The third-order valence-electron chi connectivity index (χ3n) is 4.73. The zero-order chi connectivity index (χ0) is 20.1. The first-order valence-corrected chi connectivity index (χ1v) is 10.5. The van der Waals surface area contributed by atoms with Crippen molar-refractivity contribution in [2.24, 2.45) is 4.99 Å². The molecule has 0 atom stereocenters. The Hall–Kier alpha value is -2.41. The molecule has 1 saturated heterocycles. The number of rotatable bonds is 5. The maximum absolute atomic E-state index is 11.8. The molecule has 2 heterocycles. The summed E-state index contributed by atoms with van der Waals surface area (Å²) in [6.45, 7) is 8.65. The van der Waals surface area contributed by atoms with Gasteiger partial charge >= 0.3 is 0 Å². The topological polar surface area (TPSA) is 69.6 Å². The monoisotopic (exact) mass is 399 g/mol. The van der Waals surface area contributed by atoms with Crippen LogP contribution in [0.4, 0.5) is 5.69 Å². The number of carbonyl (C=O) groups excluding carboxylic acids is 1. The van der Waals surface area contributed by atoms with Gasteiger partial charge in [0, 0.05) is 43.0 Å². The van der Waals surface area contributed by atoms with Gasteiger partial charge in [0.25, 0.3) is 0 Å². The highest BCUT2D eigenvalue weighted by atomic mass is 32.1. The van der Waals surface area contributed by atoms with E-state index in [0.29, 0.717) is 19.5 Å². The summed E-state index contributed by atoms with van der Waals surface area (Å²) in [6.07, 6.45) is 1.60. The number of nitrogens with zero attached hydrogens (tertiary/aromatic N) is 3. The van der Waals surface area contributed by atoms with Crippen molar-refractivity contribution in [3.05, 3.63) is 45.9 Å². The van der Waals surface area contributed by atoms with E-state index < -0.39 is 0 Å². The number of guanidine groups is 1. The number of carbonyl (C=O) groups is 1. The number of thiazole rings is 1. The van der Waals surface area contributed by atoms with Crippen LogP contribution in [0.25, 0.3) is 0 Å². The Morgan fingerprint density at radius 1 is 1.21 bits per heavy atom. The van der Waals surface area contributed by atoms with E-state index in [1.807, 2.05) is 17.0 Å². The van der Waals surface area contributed by atoms with Crippen LogP contribution in [-0.2, 0) is 23.3 Å². The fourth-order valence-electron chi connectivity index (χ4n) is 3.02. The summed E-state index contributed by atoms with van der Waals surface area (Å²) in [5.41, 5.74) is 3.31. The van der Waals surface area contributed by atoms with Crippen LogP contribution in [0.2, 0.25) is 0 Å². The summed E-state index contributed by atoms with van der Waals surface area (Å²) in [6, 6.07) is 8.13. The molecule has 150 valence electrons. The molecule has 6 nitrogen and oxygen atoms in total. The van der Waals surface area contributed by atoms with Gasteiger partial charge < -0.3 is 15.5 Å². The van der Waals surface area contributed by atoms with E-state index in [9.17, 15) is 4.79 Å². The third-order valence-corrected chi connectivity index (χ3v) is 5.58. The van der Waals surface area contributed by atoms with Crippen LogP contribution in [0, 0.1) is 0 Å². The Balaban J connectivity index is 1.50. The predicted molar refractivity (Wildman–Crippen MR) is 116 cm³/mol. The summed E-state index contributed by atoms with van der Waals surface area (Å²) in [7, 11) is 1.76. The number of hydrogen-bond acceptors (Lipinski definition) is 4. The second-order valence-electron chi connectivity index (χ2n) is 7.97. The molecule has 7 heteroatoms. The second kappa shape index (κ2) is 8.73. The van der Waals surface area contributed by atoms with Gasteiger partial charge in [0.2, 0.25) is 5.91 Å². The quantitative estimate of drug-likeness (QED) is 0.597. The van der Waals surface area contributed by atoms with Crippen molar-refractivity contribution in [3.8, 4) is 0 Å². The molecule has 0 spiro atoms. The zero-order valence-corrected chi connectivity index (χ0v) is 17.9. The lowest BCUT2D eigenvalue weighted by Crippen LogP contribution is -2.36. The van der Waals surface area contributed by atoms with Crippen LogP contribution in [0.1, 0.15) is 49.9 Å². The first-order chi connectivity index (χ1) is 13.4. The molecule has 3 rings (SSSR count). The number of nitrogens with one attached hydrogen (secondary N) is 2. The van der Waals surface area contributed by atoms with Gasteiger partial charge in [0.05, 0.1) is 12.2 Å². The van der Waals surface area contributed by atoms with Crippen LogP contribution in [0.5, 0.6) is 0 Å². The maximum Gasteiger partial charge on any atom is 0.227 e. The highest BCUT2D eigenvalue weighted by Crippen LogP contribution is 2.24. The van der Waals surface area contributed by atoms with Gasteiger partial charge in [0.15, 0.2) is 5.96 Å². The van der Waals surface area contributed by atoms with Crippen molar-refractivity contribution >= 4 is 28.9 Å². The molecule has 2 N–H and O–H groups in total. The van der Waals surface area contributed by atoms with Gasteiger partial charge in [-0.25, -0.2) is 4.98 Å². The molecular weight excluding hydrogens is 370 g/mol. The highest BCUT2D eigenvalue weighted by Gasteiger charge is 2.21. The zero-order valence-electron chi connectivity index (χ0n) is 17.1. The lowest BCUT2D eigenvalue weighted by Gasteiger charge is -2.16. The van der Waals surface area contributed by atoms with Gasteiger partial charge in [-0.2, -0.15) is 0 Å². The Bertz CT molecular complexity index is 835. The van der Waals surface area contributed by atoms with Gasteiger partial charge in [0.1, 0.15) is 5.01 Å². The number of aliphatic imine (C=N–C) groups is 1. The largest absolute Gasteiger partial charge is 0.352 e. The number of anilines is 1. The number of aromatic nitrogens is 1. The molecule has 0 saturated carbocycles. The van der Waals surface area contributed by atoms with Crippen LogP contribution >= 0.6 is 11.3 Å². The molecule has 0 radical (unpaired) electrons. The van der Waals surface area contributed by atoms with E-state index in [4.69, 9.17) is 4.98 Å². The smallest absolute Gasteiger partial charge is 0.227 e. The molecule has 0 aliphatic carbocycles. The van der Waals surface area contributed by atoms with E-state index in [0.717, 1.165) is 40.9 Å². The molecule has 1 aromatic carbocycles. The standard InChI is InChI=1S/C21H29N5OS/c1-21(2,3)17-14-28-18(25-17)13-24-20(22-4)23-12-15-7-9-16(10-8-15)26-11-5-6-19(26)27/h7-10,14H,5-6,11-13H2,1-4H3,(H2,22,23,24). The SMILES string of the molecule is CN=C(NCc1ccc(N2CCCC2=O)cc1)NCc1nc(C(C)(C)C)cs1. The van der Waals surface area contributed by atoms with Crippen LogP contribution in [-0.4, -0.2) is 30.4 Å². The Kier molecular flexibility index (Phi) is 6.34. The molecule has 1 aromatic heterocycles. The van der Waals surface area contributed by atoms with Crippen molar-refractivity contribution in [1.82, 2.24) is 15.6 Å². The van der Waals surface area contributed by atoms with E-state index in [1.165, 1.54) is 0 Å². The first-order valence-electron chi connectivity index (χ1n) is 9.65. The minimum Gasteiger partial charge on any atom is -0.352 e. The molecule has 1 amide bonds. The summed E-state index contributed by atoms with van der Waals surface area (Å²) >= 11 is 1.67. The fraction of sp³-hybridized carbons (Fsp3) is 0.476. The summed E-state index contributed by atoms with van der Waals surface area (Å²) in [4.78, 5) is 22.7. The number of hydrogen-bond donors (Lipinski definition) is 2. The van der Waals surface area contributed by atoms with Crippen molar-refractivity contribution in [2.75, 3.05) is 18.5 Å². The number of benzene rings is 1. The van der Waals surface area contributed by atoms with Crippen LogP contribution in [0.15, 0.2) is 34.6 Å². The van der Waals surface area contributed by atoms with Gasteiger partial charge in [-0.15, -0.1) is 11.3 Å². The maximum atomic E-state index is 11.8. The van der Waals surface area contributed by atoms with Crippen molar-refractivity contribution in [1.29, 1.82) is 0 Å². The van der Waals surface area contributed by atoms with Crippen LogP contribution < -0.4 is 15.5 Å². The van der Waals surface area contributed by atoms with Crippen LogP contribution in [0.3, 0.4) is 0 Å². The summed E-state index contributed by atoms with van der Waals surface area (Å²) in [5.74, 6) is 0.957. The van der Waals surface area contributed by atoms with Gasteiger partial charge in [-0.3, -0.25) is 9.79 Å². The fourth-order valence-corrected chi connectivity index (χ4v) is 3.98. The predicted octanol–water partition coefficient (Wildman–Crippen LogP) is 3.43. The van der Waals surface area contributed by atoms with E-state index in [-0.39, 0.29) is 11.3 Å². The van der Waals surface area contributed by atoms with Crippen molar-refractivity contribution < 1.29 is 4.79 Å². The lowest BCUT2D eigenvalue weighted by molar-refractivity contribution is -0.117. The highest BCUT2D eigenvalue weighted by molar-refractivity contribution is 7.09. The Morgan fingerprint density at radius 2 is 1.93 bits per heavy atom. The average molecular weight is 400 g/mol. The average Bonchev–Trinajstić information content (AvgIpc) is 3.31. The van der Waals surface area contributed by atoms with Crippen molar-refractivity contribution in [3.63, 3.8) is 0 Å². The molecule has 2 aromatic rings. The summed E-state index contributed by atoms with van der Waals surface area (Å²) in [5, 5.41) is 9.82. The molecule has 0 unspecified atom stereocenters. The summed E-state index contributed by atoms with van der Waals surface area (Å²) < 4.78 is 0. The normalized spacial score (nSPS) is 15.2. The molecule has 1 aliphatic heterocycles. The Morgan fingerprint density at radius 3 is 2.50 bits per heavy atom. The molecule has 1 fully saturated rings. The second-order valence-corrected chi connectivity index (χ2v) is 8.91. The van der Waals surface area contributed by atoms with Gasteiger partial charge in [-0.05, 0) is 24.1 Å². The van der Waals surface area contributed by atoms with E-state index >= 15 is 0 Å². The molecule has 28 heavy (non-hydrogen) atoms. The lowest BCUT2D eigenvalue weighted by atomic mass is 9.93. The van der Waals surface area contributed by atoms with E-state index in [1.54, 1.807) is 18.4 Å².